The van der Waals surface area contributed by atoms with Crippen molar-refractivity contribution >= 4 is 24.4 Å². The van der Waals surface area contributed by atoms with Crippen LogP contribution < -0.4 is 5.73 Å². The molecule has 1 aromatic carbocycles. The fraction of sp³-hybridized carbons (Fsp3) is 0.100. The molecule has 0 radical (unpaired) electrons. The minimum Gasteiger partial charge on any atom is -0.398 e. The Bertz CT molecular complexity index is 364. The molecule has 0 unspecified atom stereocenters. The van der Waals surface area contributed by atoms with Crippen LogP contribution in [-0.4, -0.2) is 5.75 Å². The monoisotopic (exact) mass is 190 g/mol. The Balaban J connectivity index is 2.97. The molecule has 66 valence electrons. The van der Waals surface area contributed by atoms with Crippen molar-refractivity contribution < 1.29 is 0 Å². The summed E-state index contributed by atoms with van der Waals surface area (Å²) in [6.07, 6.45) is 3.84. The van der Waals surface area contributed by atoms with Gasteiger partial charge in [0, 0.05) is 5.75 Å². The van der Waals surface area contributed by atoms with Crippen LogP contribution in [0.5, 0.6) is 0 Å². The first-order valence-corrected chi connectivity index (χ1v) is 4.48. The summed E-state index contributed by atoms with van der Waals surface area (Å²) < 4.78 is 0. The fourth-order valence-corrected chi connectivity index (χ4v) is 1.08. The lowest BCUT2D eigenvalue weighted by Crippen LogP contribution is -1.90. The van der Waals surface area contributed by atoms with Crippen molar-refractivity contribution in [3.05, 3.63) is 35.4 Å². The molecule has 0 aromatic heterocycles. The number of nitrogens with zero attached hydrogens (tertiary/aromatic N) is 1. The third kappa shape index (κ3) is 2.53. The Kier molecular flexibility index (Phi) is 3.41. The van der Waals surface area contributed by atoms with Crippen molar-refractivity contribution in [3.63, 3.8) is 0 Å². The number of anilines is 1. The SMILES string of the molecule is N#Cc1ccc(C=CCS)cc1N. The summed E-state index contributed by atoms with van der Waals surface area (Å²) in [5, 5.41) is 8.63. The average Bonchev–Trinajstić information content (AvgIpc) is 2.15. The van der Waals surface area contributed by atoms with E-state index in [0.717, 1.165) is 5.56 Å². The fourth-order valence-electron chi connectivity index (χ4n) is 0.975. The van der Waals surface area contributed by atoms with Gasteiger partial charge in [-0.15, -0.1) is 0 Å². The van der Waals surface area contributed by atoms with Crippen LogP contribution in [-0.2, 0) is 0 Å². The third-order valence-electron chi connectivity index (χ3n) is 1.61. The quantitative estimate of drug-likeness (QED) is 0.554. The molecule has 1 aromatic rings. The Labute approximate surface area is 83.1 Å². The second-order valence-electron chi connectivity index (χ2n) is 2.54. The van der Waals surface area contributed by atoms with E-state index in [1.165, 1.54) is 0 Å². The van der Waals surface area contributed by atoms with Gasteiger partial charge in [-0.2, -0.15) is 17.9 Å². The van der Waals surface area contributed by atoms with E-state index in [9.17, 15) is 0 Å². The van der Waals surface area contributed by atoms with Crippen LogP contribution in [0.1, 0.15) is 11.1 Å². The lowest BCUT2D eigenvalue weighted by atomic mass is 10.1. The molecule has 0 saturated heterocycles. The van der Waals surface area contributed by atoms with Crippen molar-refractivity contribution in [2.24, 2.45) is 0 Å². The molecular weight excluding hydrogens is 180 g/mol. The van der Waals surface area contributed by atoms with Crippen LogP contribution in [0.25, 0.3) is 6.08 Å². The maximum absolute atomic E-state index is 8.63. The first-order valence-electron chi connectivity index (χ1n) is 3.85. The topological polar surface area (TPSA) is 49.8 Å². The van der Waals surface area contributed by atoms with Crippen molar-refractivity contribution in [3.8, 4) is 6.07 Å². The van der Waals surface area contributed by atoms with Crippen molar-refractivity contribution in [2.45, 2.75) is 0 Å². The van der Waals surface area contributed by atoms with E-state index in [1.807, 2.05) is 24.3 Å². The van der Waals surface area contributed by atoms with Gasteiger partial charge in [0.15, 0.2) is 0 Å². The molecule has 0 saturated carbocycles. The molecule has 2 N–H and O–H groups in total. The van der Waals surface area contributed by atoms with Crippen LogP contribution in [0.15, 0.2) is 24.3 Å². The van der Waals surface area contributed by atoms with Gasteiger partial charge in [0.05, 0.1) is 11.3 Å². The van der Waals surface area contributed by atoms with E-state index in [2.05, 4.69) is 12.6 Å². The Morgan fingerprint density at radius 1 is 1.54 bits per heavy atom. The molecule has 0 bridgehead atoms. The highest BCUT2D eigenvalue weighted by Crippen LogP contribution is 2.14. The molecule has 13 heavy (non-hydrogen) atoms. The van der Waals surface area contributed by atoms with E-state index in [-0.39, 0.29) is 0 Å². The summed E-state index contributed by atoms with van der Waals surface area (Å²) in [6.45, 7) is 0. The third-order valence-corrected chi connectivity index (χ3v) is 1.82. The number of benzene rings is 1. The number of hydrogen-bond donors (Lipinski definition) is 2. The van der Waals surface area contributed by atoms with E-state index in [4.69, 9.17) is 11.0 Å². The van der Waals surface area contributed by atoms with Crippen LogP contribution in [0.4, 0.5) is 5.69 Å². The van der Waals surface area contributed by atoms with E-state index in [1.54, 1.807) is 12.1 Å². The molecule has 0 aliphatic rings. The minimum absolute atomic E-state index is 0.517. The molecular formula is C10H10N2S. The summed E-state index contributed by atoms with van der Waals surface area (Å²) in [5.41, 5.74) is 7.65. The zero-order chi connectivity index (χ0) is 9.68. The molecule has 0 amide bonds. The number of thiol groups is 1. The molecule has 1 rings (SSSR count). The van der Waals surface area contributed by atoms with Crippen LogP contribution in [0.3, 0.4) is 0 Å². The Hall–Kier alpha value is -1.40. The Morgan fingerprint density at radius 3 is 2.85 bits per heavy atom. The molecule has 0 spiro atoms. The lowest BCUT2D eigenvalue weighted by Gasteiger charge is -1.98. The zero-order valence-electron chi connectivity index (χ0n) is 7.07. The highest BCUT2D eigenvalue weighted by atomic mass is 32.1. The van der Waals surface area contributed by atoms with Gasteiger partial charge in [0.2, 0.25) is 0 Å². The van der Waals surface area contributed by atoms with Crippen LogP contribution >= 0.6 is 12.6 Å². The van der Waals surface area contributed by atoms with E-state index in [0.29, 0.717) is 17.0 Å². The van der Waals surface area contributed by atoms with Gasteiger partial charge in [-0.05, 0) is 17.7 Å². The predicted molar refractivity (Wildman–Crippen MR) is 58.5 cm³/mol. The van der Waals surface area contributed by atoms with Crippen LogP contribution in [0.2, 0.25) is 0 Å². The minimum atomic E-state index is 0.517. The summed E-state index contributed by atoms with van der Waals surface area (Å²) in [5.74, 6) is 0.694. The highest BCUT2D eigenvalue weighted by Gasteiger charge is 1.96. The predicted octanol–water partition coefficient (Wildman–Crippen LogP) is 2.08. The maximum Gasteiger partial charge on any atom is 0.101 e. The summed E-state index contributed by atoms with van der Waals surface area (Å²) in [6, 6.07) is 7.36. The molecule has 0 aliphatic heterocycles. The normalized spacial score (nSPS) is 10.2. The van der Waals surface area contributed by atoms with Gasteiger partial charge in [0.1, 0.15) is 6.07 Å². The van der Waals surface area contributed by atoms with Gasteiger partial charge in [-0.25, -0.2) is 0 Å². The Morgan fingerprint density at radius 2 is 2.31 bits per heavy atom. The largest absolute Gasteiger partial charge is 0.398 e. The van der Waals surface area contributed by atoms with Crippen molar-refractivity contribution in [2.75, 3.05) is 11.5 Å². The molecule has 0 fully saturated rings. The summed E-state index contributed by atoms with van der Waals surface area (Å²) in [4.78, 5) is 0. The zero-order valence-corrected chi connectivity index (χ0v) is 7.96. The second-order valence-corrected chi connectivity index (χ2v) is 2.91. The number of nitrogens with two attached hydrogens (primary N) is 1. The maximum atomic E-state index is 8.63. The standard InChI is InChI=1S/C10H10N2S/c11-7-9-4-3-8(2-1-5-13)6-10(9)12/h1-4,6,13H,5,12H2. The van der Waals surface area contributed by atoms with E-state index >= 15 is 0 Å². The smallest absolute Gasteiger partial charge is 0.101 e. The van der Waals surface area contributed by atoms with E-state index < -0.39 is 0 Å². The van der Waals surface area contributed by atoms with Gasteiger partial charge < -0.3 is 5.73 Å². The van der Waals surface area contributed by atoms with Crippen LogP contribution in [0, 0.1) is 11.3 Å². The van der Waals surface area contributed by atoms with Gasteiger partial charge >= 0.3 is 0 Å². The molecule has 3 heteroatoms. The van der Waals surface area contributed by atoms with Gasteiger partial charge in [-0.3, -0.25) is 0 Å². The molecule has 0 heterocycles. The lowest BCUT2D eigenvalue weighted by molar-refractivity contribution is 1.48. The number of rotatable bonds is 2. The first-order chi connectivity index (χ1) is 6.27. The number of nitriles is 1. The van der Waals surface area contributed by atoms with Gasteiger partial charge in [-0.1, -0.05) is 18.2 Å². The van der Waals surface area contributed by atoms with Crippen molar-refractivity contribution in [1.82, 2.24) is 0 Å². The van der Waals surface area contributed by atoms with Gasteiger partial charge in [0.25, 0.3) is 0 Å². The summed E-state index contributed by atoms with van der Waals surface area (Å²) >= 11 is 4.05. The molecule has 0 aliphatic carbocycles. The number of nitrogen functional groups attached to an aromatic ring is 1. The second kappa shape index (κ2) is 4.58. The average molecular weight is 190 g/mol. The molecule has 0 atom stereocenters. The summed E-state index contributed by atoms with van der Waals surface area (Å²) in [7, 11) is 0. The number of hydrogen-bond acceptors (Lipinski definition) is 3. The first kappa shape index (κ1) is 9.69. The van der Waals surface area contributed by atoms with Crippen molar-refractivity contribution in [1.29, 1.82) is 5.26 Å². The molecule has 2 nitrogen and oxygen atoms in total. The highest BCUT2D eigenvalue weighted by molar-refractivity contribution is 7.80.